The lowest BCUT2D eigenvalue weighted by Gasteiger charge is -2.16. The predicted octanol–water partition coefficient (Wildman–Crippen LogP) is 8.56. The molecule has 0 aliphatic rings. The second-order valence-electron chi connectivity index (χ2n) is 9.41. The first-order valence-corrected chi connectivity index (χ1v) is 12.3. The summed E-state index contributed by atoms with van der Waals surface area (Å²) in [5.41, 5.74) is 11.2. The van der Waals surface area contributed by atoms with Crippen LogP contribution >= 0.6 is 0 Å². The van der Waals surface area contributed by atoms with Crippen molar-refractivity contribution in [1.82, 2.24) is 9.55 Å². The van der Waals surface area contributed by atoms with Crippen molar-refractivity contribution in [2.24, 2.45) is 0 Å². The first-order valence-electron chi connectivity index (χ1n) is 12.3. The fraction of sp³-hybridized carbons (Fsp3) is 0.323. The molecular weight excluding hydrogens is 400 g/mol. The van der Waals surface area contributed by atoms with E-state index in [1.165, 1.54) is 71.2 Å². The highest BCUT2D eigenvalue weighted by Crippen LogP contribution is 2.31. The Bertz CT molecular complexity index is 1210. The van der Waals surface area contributed by atoms with Crippen LogP contribution in [-0.2, 0) is 6.42 Å². The number of rotatable bonds is 8. The van der Waals surface area contributed by atoms with Gasteiger partial charge in [0, 0.05) is 11.8 Å². The predicted molar refractivity (Wildman–Crippen MR) is 141 cm³/mol. The molecule has 0 spiro atoms. The van der Waals surface area contributed by atoms with E-state index < -0.39 is 0 Å². The van der Waals surface area contributed by atoms with Crippen molar-refractivity contribution >= 4 is 0 Å². The molecular formula is C31H36N2. The van der Waals surface area contributed by atoms with Gasteiger partial charge >= 0.3 is 0 Å². The Morgan fingerprint density at radius 3 is 2.12 bits per heavy atom. The number of aromatic nitrogens is 2. The average molecular weight is 437 g/mol. The third-order valence-electron chi connectivity index (χ3n) is 6.44. The summed E-state index contributed by atoms with van der Waals surface area (Å²) in [6.45, 7) is 10.9. The SMILES string of the molecule is CCCCCCc1ccc(-c2cc(C)c(-n3cc(C)nc3-c3cccc(C)c3)c(C)c2)cc1. The molecule has 4 rings (SSSR count). The van der Waals surface area contributed by atoms with Crippen LogP contribution in [-0.4, -0.2) is 9.55 Å². The molecule has 1 aromatic heterocycles. The molecule has 0 unspecified atom stereocenters. The molecule has 170 valence electrons. The highest BCUT2D eigenvalue weighted by molar-refractivity contribution is 5.70. The zero-order valence-corrected chi connectivity index (χ0v) is 20.8. The number of aryl methyl sites for hydroxylation is 5. The summed E-state index contributed by atoms with van der Waals surface area (Å²) in [4.78, 5) is 4.87. The summed E-state index contributed by atoms with van der Waals surface area (Å²) in [6.07, 6.45) is 8.58. The van der Waals surface area contributed by atoms with Crippen LogP contribution in [0.3, 0.4) is 0 Å². The highest BCUT2D eigenvalue weighted by Gasteiger charge is 2.15. The summed E-state index contributed by atoms with van der Waals surface area (Å²) in [7, 11) is 0. The molecule has 0 bridgehead atoms. The van der Waals surface area contributed by atoms with Crippen molar-refractivity contribution < 1.29 is 0 Å². The second-order valence-corrected chi connectivity index (χ2v) is 9.41. The van der Waals surface area contributed by atoms with Gasteiger partial charge in [-0.15, -0.1) is 0 Å². The molecule has 0 saturated carbocycles. The van der Waals surface area contributed by atoms with Gasteiger partial charge in [0.1, 0.15) is 5.82 Å². The first-order chi connectivity index (χ1) is 16.0. The molecule has 3 aromatic carbocycles. The van der Waals surface area contributed by atoms with Gasteiger partial charge in [-0.3, -0.25) is 4.57 Å². The molecule has 2 heteroatoms. The lowest BCUT2D eigenvalue weighted by atomic mass is 9.97. The minimum absolute atomic E-state index is 1.00. The third kappa shape index (κ3) is 5.27. The molecule has 0 aliphatic carbocycles. The summed E-state index contributed by atoms with van der Waals surface area (Å²) >= 11 is 0. The Hall–Kier alpha value is -3.13. The maximum Gasteiger partial charge on any atom is 0.144 e. The molecule has 0 N–H and O–H groups in total. The van der Waals surface area contributed by atoms with Crippen molar-refractivity contribution in [3.8, 4) is 28.2 Å². The van der Waals surface area contributed by atoms with Gasteiger partial charge in [0.25, 0.3) is 0 Å². The van der Waals surface area contributed by atoms with Crippen LogP contribution < -0.4 is 0 Å². The average Bonchev–Trinajstić information content (AvgIpc) is 3.18. The Morgan fingerprint density at radius 1 is 0.727 bits per heavy atom. The van der Waals surface area contributed by atoms with Gasteiger partial charge in [0.05, 0.1) is 11.4 Å². The van der Waals surface area contributed by atoms with Gasteiger partial charge in [-0.25, -0.2) is 4.98 Å². The molecule has 2 nitrogen and oxygen atoms in total. The summed E-state index contributed by atoms with van der Waals surface area (Å²) in [5, 5.41) is 0. The number of hydrogen-bond acceptors (Lipinski definition) is 1. The molecule has 0 amide bonds. The molecule has 0 atom stereocenters. The van der Waals surface area contributed by atoms with Crippen molar-refractivity contribution in [2.75, 3.05) is 0 Å². The van der Waals surface area contributed by atoms with Crippen molar-refractivity contribution in [3.63, 3.8) is 0 Å². The van der Waals surface area contributed by atoms with Crippen molar-refractivity contribution in [1.29, 1.82) is 0 Å². The van der Waals surface area contributed by atoms with Gasteiger partial charge in [-0.2, -0.15) is 0 Å². The molecule has 4 aromatic rings. The minimum Gasteiger partial charge on any atom is -0.299 e. The van der Waals surface area contributed by atoms with Crippen LogP contribution in [0.1, 0.15) is 60.6 Å². The smallest absolute Gasteiger partial charge is 0.144 e. The monoisotopic (exact) mass is 436 g/mol. The molecule has 1 heterocycles. The Labute approximate surface area is 199 Å². The fourth-order valence-corrected chi connectivity index (χ4v) is 4.78. The zero-order valence-electron chi connectivity index (χ0n) is 20.8. The van der Waals surface area contributed by atoms with Gasteiger partial charge in [-0.1, -0.05) is 74.2 Å². The summed E-state index contributed by atoms with van der Waals surface area (Å²) in [6, 6.07) is 22.4. The van der Waals surface area contributed by atoms with Crippen LogP contribution in [0.5, 0.6) is 0 Å². The molecule has 0 fully saturated rings. The van der Waals surface area contributed by atoms with E-state index in [9.17, 15) is 0 Å². The van der Waals surface area contributed by atoms with Gasteiger partial charge in [0.15, 0.2) is 0 Å². The Kier molecular flexibility index (Phi) is 7.13. The van der Waals surface area contributed by atoms with Crippen LogP contribution in [0.2, 0.25) is 0 Å². The van der Waals surface area contributed by atoms with Gasteiger partial charge < -0.3 is 0 Å². The topological polar surface area (TPSA) is 17.8 Å². The molecule has 0 radical (unpaired) electrons. The minimum atomic E-state index is 1.00. The maximum absolute atomic E-state index is 4.87. The zero-order chi connectivity index (χ0) is 23.4. The summed E-state index contributed by atoms with van der Waals surface area (Å²) < 4.78 is 2.26. The van der Waals surface area contributed by atoms with Crippen molar-refractivity contribution in [3.05, 3.63) is 94.8 Å². The quantitative estimate of drug-likeness (QED) is 0.253. The Morgan fingerprint density at radius 2 is 1.45 bits per heavy atom. The Balaban J connectivity index is 1.64. The van der Waals surface area contributed by atoms with Crippen LogP contribution in [0.15, 0.2) is 66.9 Å². The van der Waals surface area contributed by atoms with Crippen LogP contribution in [0.25, 0.3) is 28.2 Å². The molecule has 33 heavy (non-hydrogen) atoms. The van der Waals surface area contributed by atoms with Gasteiger partial charge in [-0.05, 0) is 86.6 Å². The van der Waals surface area contributed by atoms with E-state index in [2.05, 4.69) is 106 Å². The number of benzene rings is 3. The number of nitrogens with zero attached hydrogens (tertiary/aromatic N) is 2. The normalized spacial score (nSPS) is 11.2. The number of hydrogen-bond donors (Lipinski definition) is 0. The summed E-state index contributed by atoms with van der Waals surface area (Å²) in [5.74, 6) is 1.00. The number of unbranched alkanes of at least 4 members (excludes halogenated alkanes) is 3. The number of imidazole rings is 1. The van der Waals surface area contributed by atoms with Crippen LogP contribution in [0.4, 0.5) is 0 Å². The van der Waals surface area contributed by atoms with Gasteiger partial charge in [0.2, 0.25) is 0 Å². The highest BCUT2D eigenvalue weighted by atomic mass is 15.1. The van der Waals surface area contributed by atoms with E-state index in [1.54, 1.807) is 0 Å². The maximum atomic E-state index is 4.87. The second kappa shape index (κ2) is 10.2. The van der Waals surface area contributed by atoms with E-state index in [0.717, 1.165) is 17.1 Å². The third-order valence-corrected chi connectivity index (χ3v) is 6.44. The van der Waals surface area contributed by atoms with Crippen molar-refractivity contribution in [2.45, 2.75) is 66.7 Å². The van der Waals surface area contributed by atoms with Crippen LogP contribution in [0, 0.1) is 27.7 Å². The lowest BCUT2D eigenvalue weighted by Crippen LogP contribution is -2.02. The lowest BCUT2D eigenvalue weighted by molar-refractivity contribution is 0.667. The largest absolute Gasteiger partial charge is 0.299 e. The van der Waals surface area contributed by atoms with E-state index in [-0.39, 0.29) is 0 Å². The van der Waals surface area contributed by atoms with E-state index in [4.69, 9.17) is 4.98 Å². The first kappa shape index (κ1) is 23.0. The van der Waals surface area contributed by atoms with E-state index in [1.807, 2.05) is 0 Å². The fourth-order valence-electron chi connectivity index (χ4n) is 4.78. The van der Waals surface area contributed by atoms with E-state index >= 15 is 0 Å². The molecule has 0 saturated heterocycles. The van der Waals surface area contributed by atoms with E-state index in [0.29, 0.717) is 0 Å². The molecule has 0 aliphatic heterocycles. The standard InChI is InChI=1S/C31H36N2/c1-6-7-8-9-12-26-14-16-27(17-15-26)29-19-23(3)30(24(4)20-29)33-21-25(5)32-31(33)28-13-10-11-22(2)18-28/h10-11,13-21H,6-9,12H2,1-5H3.